The standard InChI is InChI=1S/C22H15N3O2S/c1-14-6-8-17(9-7-14)24-12-16(11-23)21-25-19(13-28-21)18-10-15-4-2-3-5-20(15)27-22(18)26/h2-10,12-13,24H,1H3. The summed E-state index contributed by atoms with van der Waals surface area (Å²) >= 11 is 1.31. The molecule has 0 atom stereocenters. The maximum absolute atomic E-state index is 12.3. The number of hydrogen-bond acceptors (Lipinski definition) is 6. The van der Waals surface area contributed by atoms with E-state index in [2.05, 4.69) is 16.4 Å². The van der Waals surface area contributed by atoms with Gasteiger partial charge in [0.2, 0.25) is 0 Å². The molecule has 1 N–H and O–H groups in total. The zero-order valence-electron chi connectivity index (χ0n) is 15.0. The molecule has 2 aromatic heterocycles. The van der Waals surface area contributed by atoms with Crippen LogP contribution < -0.4 is 10.9 Å². The van der Waals surface area contributed by atoms with E-state index in [0.29, 0.717) is 27.4 Å². The third-order valence-electron chi connectivity index (χ3n) is 4.21. The van der Waals surface area contributed by atoms with E-state index in [-0.39, 0.29) is 0 Å². The van der Waals surface area contributed by atoms with Crippen molar-refractivity contribution in [3.63, 3.8) is 0 Å². The van der Waals surface area contributed by atoms with Crippen molar-refractivity contribution >= 4 is 33.6 Å². The number of benzene rings is 2. The van der Waals surface area contributed by atoms with Gasteiger partial charge in [-0.25, -0.2) is 9.78 Å². The van der Waals surface area contributed by atoms with Crippen LogP contribution in [0.4, 0.5) is 5.69 Å². The van der Waals surface area contributed by atoms with E-state index >= 15 is 0 Å². The number of aryl methyl sites for hydroxylation is 1. The minimum atomic E-state index is -0.448. The van der Waals surface area contributed by atoms with Crippen LogP contribution in [0.15, 0.2) is 75.4 Å². The number of fused-ring (bicyclic) bond motifs is 1. The predicted octanol–water partition coefficient (Wildman–Crippen LogP) is 5.20. The van der Waals surface area contributed by atoms with Crippen molar-refractivity contribution < 1.29 is 4.42 Å². The molecule has 136 valence electrons. The normalized spacial score (nSPS) is 11.4. The fourth-order valence-electron chi connectivity index (χ4n) is 2.71. The molecule has 28 heavy (non-hydrogen) atoms. The van der Waals surface area contributed by atoms with Gasteiger partial charge in [-0.15, -0.1) is 11.3 Å². The molecule has 0 amide bonds. The lowest BCUT2D eigenvalue weighted by molar-refractivity contribution is 0.563. The van der Waals surface area contributed by atoms with E-state index in [1.807, 2.05) is 49.4 Å². The first-order chi connectivity index (χ1) is 13.6. The van der Waals surface area contributed by atoms with E-state index in [1.165, 1.54) is 11.3 Å². The molecule has 6 heteroatoms. The van der Waals surface area contributed by atoms with E-state index in [4.69, 9.17) is 4.42 Å². The van der Waals surface area contributed by atoms with Crippen molar-refractivity contribution in [1.29, 1.82) is 5.26 Å². The number of rotatable bonds is 4. The molecule has 5 nitrogen and oxygen atoms in total. The van der Waals surface area contributed by atoms with Gasteiger partial charge in [0.05, 0.1) is 11.3 Å². The first-order valence-corrected chi connectivity index (χ1v) is 9.44. The number of hydrogen-bond donors (Lipinski definition) is 1. The second kappa shape index (κ2) is 7.51. The molecular weight excluding hydrogens is 370 g/mol. The van der Waals surface area contributed by atoms with Crippen LogP contribution in [0.3, 0.4) is 0 Å². The molecule has 0 saturated carbocycles. The Morgan fingerprint density at radius 3 is 2.79 bits per heavy atom. The Morgan fingerprint density at radius 1 is 1.21 bits per heavy atom. The van der Waals surface area contributed by atoms with Crippen LogP contribution in [0.5, 0.6) is 0 Å². The van der Waals surface area contributed by atoms with Crippen molar-refractivity contribution in [2.45, 2.75) is 6.92 Å². The van der Waals surface area contributed by atoms with E-state index in [0.717, 1.165) is 16.6 Å². The van der Waals surface area contributed by atoms with Crippen LogP contribution in [0.1, 0.15) is 10.6 Å². The van der Waals surface area contributed by atoms with Gasteiger partial charge >= 0.3 is 5.63 Å². The number of nitrogens with zero attached hydrogens (tertiary/aromatic N) is 2. The molecule has 0 bridgehead atoms. The summed E-state index contributed by atoms with van der Waals surface area (Å²) < 4.78 is 5.38. The number of allylic oxidation sites excluding steroid dienone is 1. The van der Waals surface area contributed by atoms with Gasteiger partial charge in [-0.1, -0.05) is 35.9 Å². The molecular formula is C22H15N3O2S. The van der Waals surface area contributed by atoms with Gasteiger partial charge in [0.25, 0.3) is 0 Å². The molecule has 2 heterocycles. The third kappa shape index (κ3) is 3.56. The molecule has 4 rings (SSSR count). The zero-order chi connectivity index (χ0) is 19.5. The summed E-state index contributed by atoms with van der Waals surface area (Å²) in [6.45, 7) is 2.01. The van der Waals surface area contributed by atoms with Crippen molar-refractivity contribution in [2.75, 3.05) is 5.32 Å². The number of thiazole rings is 1. The van der Waals surface area contributed by atoms with E-state index in [9.17, 15) is 10.1 Å². The predicted molar refractivity (Wildman–Crippen MR) is 112 cm³/mol. The maximum Gasteiger partial charge on any atom is 0.345 e. The molecule has 0 radical (unpaired) electrons. The fourth-order valence-corrected chi connectivity index (χ4v) is 3.49. The second-order valence-corrected chi connectivity index (χ2v) is 7.06. The average molecular weight is 385 g/mol. The van der Waals surface area contributed by atoms with E-state index < -0.39 is 5.63 Å². The number of nitrogens with one attached hydrogen (secondary N) is 1. The van der Waals surface area contributed by atoms with Gasteiger partial charge in [-0.05, 0) is 31.2 Å². The molecule has 0 aliphatic heterocycles. The highest BCUT2D eigenvalue weighted by Gasteiger charge is 2.13. The van der Waals surface area contributed by atoms with Gasteiger partial charge in [-0.2, -0.15) is 5.26 Å². The summed E-state index contributed by atoms with van der Waals surface area (Å²) in [5.41, 5.74) is 3.39. The van der Waals surface area contributed by atoms with Crippen molar-refractivity contribution in [3.8, 4) is 17.3 Å². The smallest absolute Gasteiger partial charge is 0.345 e. The van der Waals surface area contributed by atoms with Crippen molar-refractivity contribution in [1.82, 2.24) is 4.98 Å². The number of nitriles is 1. The highest BCUT2D eigenvalue weighted by molar-refractivity contribution is 7.11. The fraction of sp³-hybridized carbons (Fsp3) is 0.0455. The largest absolute Gasteiger partial charge is 0.422 e. The Labute approximate surface area is 165 Å². The third-order valence-corrected chi connectivity index (χ3v) is 5.08. The Bertz CT molecular complexity index is 1280. The van der Waals surface area contributed by atoms with Gasteiger partial charge in [-0.3, -0.25) is 0 Å². The summed E-state index contributed by atoms with van der Waals surface area (Å²) in [5, 5.41) is 15.7. The minimum absolute atomic E-state index is 0.380. The number of anilines is 1. The molecule has 0 aliphatic carbocycles. The zero-order valence-corrected chi connectivity index (χ0v) is 15.8. The molecule has 0 fully saturated rings. The minimum Gasteiger partial charge on any atom is -0.422 e. The first kappa shape index (κ1) is 17.7. The maximum atomic E-state index is 12.3. The Balaban J connectivity index is 1.65. The summed E-state index contributed by atoms with van der Waals surface area (Å²) in [6, 6.07) is 19.1. The molecule has 0 spiro atoms. The monoisotopic (exact) mass is 385 g/mol. The molecule has 2 aromatic carbocycles. The van der Waals surface area contributed by atoms with Gasteiger partial charge in [0.1, 0.15) is 22.2 Å². The van der Waals surface area contributed by atoms with Crippen LogP contribution in [0.2, 0.25) is 0 Å². The SMILES string of the molecule is Cc1ccc(NC=C(C#N)c2nc(-c3cc4ccccc4oc3=O)cs2)cc1. The van der Waals surface area contributed by atoms with Crippen molar-refractivity contribution in [3.05, 3.63) is 87.2 Å². The molecule has 0 saturated heterocycles. The highest BCUT2D eigenvalue weighted by Crippen LogP contribution is 2.26. The molecule has 4 aromatic rings. The first-order valence-electron chi connectivity index (χ1n) is 8.57. The Kier molecular flexibility index (Phi) is 4.75. The molecule has 0 aliphatic rings. The summed E-state index contributed by atoms with van der Waals surface area (Å²) in [4.78, 5) is 16.8. The quantitative estimate of drug-likeness (QED) is 0.386. The van der Waals surface area contributed by atoms with Crippen molar-refractivity contribution in [2.24, 2.45) is 0 Å². The average Bonchev–Trinajstić information content (AvgIpc) is 3.19. The Hall–Kier alpha value is -3.69. The number of aromatic nitrogens is 1. The summed E-state index contributed by atoms with van der Waals surface area (Å²) in [5.74, 6) is 0. The lowest BCUT2D eigenvalue weighted by Crippen LogP contribution is -2.02. The van der Waals surface area contributed by atoms with Crippen LogP contribution in [-0.2, 0) is 0 Å². The topological polar surface area (TPSA) is 78.9 Å². The van der Waals surface area contributed by atoms with E-state index in [1.54, 1.807) is 23.7 Å². The number of para-hydroxylation sites is 1. The lowest BCUT2D eigenvalue weighted by atomic mass is 10.1. The Morgan fingerprint density at radius 2 is 2.00 bits per heavy atom. The van der Waals surface area contributed by atoms with Crippen LogP contribution >= 0.6 is 11.3 Å². The second-order valence-electron chi connectivity index (χ2n) is 6.20. The summed E-state index contributed by atoms with van der Waals surface area (Å²) in [7, 11) is 0. The van der Waals surface area contributed by atoms with Gasteiger partial charge in [0.15, 0.2) is 0 Å². The van der Waals surface area contributed by atoms with Crippen LogP contribution in [-0.4, -0.2) is 4.98 Å². The summed E-state index contributed by atoms with van der Waals surface area (Å²) in [6.07, 6.45) is 1.62. The van der Waals surface area contributed by atoms with Gasteiger partial charge < -0.3 is 9.73 Å². The lowest BCUT2D eigenvalue weighted by Gasteiger charge is -2.02. The highest BCUT2D eigenvalue weighted by atomic mass is 32.1. The van der Waals surface area contributed by atoms with Crippen LogP contribution in [0, 0.1) is 18.3 Å². The van der Waals surface area contributed by atoms with Gasteiger partial charge in [0, 0.05) is 22.7 Å². The molecule has 0 unspecified atom stereocenters. The van der Waals surface area contributed by atoms with Crippen LogP contribution in [0.25, 0.3) is 27.8 Å².